The summed E-state index contributed by atoms with van der Waals surface area (Å²) in [4.78, 5) is 2.22. The molecule has 6 aromatic carbocycles. The maximum absolute atomic E-state index is 10.1. The first-order valence-electron chi connectivity index (χ1n) is 13.4. The first-order valence-corrected chi connectivity index (χ1v) is 13.4. The lowest BCUT2D eigenvalue weighted by atomic mass is 9.98. The molecule has 3 heteroatoms. The highest BCUT2D eigenvalue weighted by Gasteiger charge is 2.23. The Kier molecular flexibility index (Phi) is 5.85. The molecule has 188 valence electrons. The number of fused-ring (bicyclic) bond motifs is 3. The molecule has 0 spiro atoms. The number of rotatable bonds is 5. The number of nitrogens with zero attached hydrogens (tertiary/aromatic N) is 3. The van der Waals surface area contributed by atoms with Gasteiger partial charge in [0.05, 0.1) is 28.0 Å². The maximum Gasteiger partial charge on any atom is 0.101 e. The number of anilines is 3. The topological polar surface area (TPSA) is 32.0 Å². The third kappa shape index (κ3) is 3.91. The predicted octanol–water partition coefficient (Wildman–Crippen LogP) is 9.79. The molecule has 0 saturated heterocycles. The normalized spacial score (nSPS) is 11.0. The van der Waals surface area contributed by atoms with Crippen LogP contribution in [-0.4, -0.2) is 4.57 Å². The molecule has 0 N–H and O–H groups in total. The molecule has 0 unspecified atom stereocenters. The summed E-state index contributed by atoms with van der Waals surface area (Å²) in [6.07, 6.45) is 0. The highest BCUT2D eigenvalue weighted by Crippen LogP contribution is 2.45. The second kappa shape index (κ2) is 9.94. The van der Waals surface area contributed by atoms with Crippen LogP contribution in [0.3, 0.4) is 0 Å². The Morgan fingerprint density at radius 3 is 1.90 bits per heavy atom. The fraction of sp³-hybridized carbons (Fsp3) is 0. The van der Waals surface area contributed by atoms with Crippen LogP contribution in [0, 0.1) is 11.3 Å². The molecular weight excluding hydrogens is 486 g/mol. The molecule has 0 radical (unpaired) electrons. The third-order valence-electron chi connectivity index (χ3n) is 7.41. The second-order valence-electron chi connectivity index (χ2n) is 9.74. The van der Waals surface area contributed by atoms with Gasteiger partial charge in [-0.3, -0.25) is 0 Å². The molecule has 3 nitrogen and oxygen atoms in total. The van der Waals surface area contributed by atoms with Gasteiger partial charge < -0.3 is 9.47 Å². The van der Waals surface area contributed by atoms with Crippen molar-refractivity contribution in [1.29, 1.82) is 5.26 Å². The van der Waals surface area contributed by atoms with E-state index >= 15 is 0 Å². The number of hydrogen-bond acceptors (Lipinski definition) is 2. The lowest BCUT2D eigenvalue weighted by Crippen LogP contribution is -2.12. The molecule has 0 fully saturated rings. The zero-order valence-electron chi connectivity index (χ0n) is 21.8. The van der Waals surface area contributed by atoms with Gasteiger partial charge in [-0.25, -0.2) is 0 Å². The fourth-order valence-corrected chi connectivity index (χ4v) is 5.64. The standard InChI is InChI=1S/C37H25N3/c38-26-28-16-10-12-22-34(28)39(29-17-6-2-7-18-29)36-25-33-31-21-11-13-23-35(31)40(30-19-8-3-9-20-30)37(33)24-32(36)27-14-4-1-5-15-27/h1-25H. The summed E-state index contributed by atoms with van der Waals surface area (Å²) in [5.41, 5.74) is 9.09. The highest BCUT2D eigenvalue weighted by molar-refractivity contribution is 6.13. The van der Waals surface area contributed by atoms with E-state index in [9.17, 15) is 5.26 Å². The molecule has 0 saturated carbocycles. The Bertz CT molecular complexity index is 2000. The van der Waals surface area contributed by atoms with Crippen molar-refractivity contribution in [2.45, 2.75) is 0 Å². The van der Waals surface area contributed by atoms with Crippen LogP contribution in [0.4, 0.5) is 17.1 Å². The number of hydrogen-bond donors (Lipinski definition) is 0. The van der Waals surface area contributed by atoms with Gasteiger partial charge in [0.1, 0.15) is 6.07 Å². The molecule has 0 aliphatic carbocycles. The van der Waals surface area contributed by atoms with Gasteiger partial charge in [-0.2, -0.15) is 5.26 Å². The van der Waals surface area contributed by atoms with Gasteiger partial charge in [-0.15, -0.1) is 0 Å². The highest BCUT2D eigenvalue weighted by atomic mass is 15.1. The molecular formula is C37H25N3. The smallest absolute Gasteiger partial charge is 0.101 e. The van der Waals surface area contributed by atoms with Crippen molar-refractivity contribution in [3.8, 4) is 22.9 Å². The van der Waals surface area contributed by atoms with Crippen LogP contribution in [0.5, 0.6) is 0 Å². The van der Waals surface area contributed by atoms with Crippen molar-refractivity contribution >= 4 is 38.9 Å². The maximum atomic E-state index is 10.1. The minimum Gasteiger partial charge on any atom is -0.309 e. The molecule has 0 aliphatic heterocycles. The summed E-state index contributed by atoms with van der Waals surface area (Å²) < 4.78 is 2.34. The van der Waals surface area contributed by atoms with Crippen LogP contribution in [0.15, 0.2) is 152 Å². The SMILES string of the molecule is N#Cc1ccccc1N(c1ccccc1)c1cc2c3ccccc3n(-c3ccccc3)c2cc1-c1ccccc1. The number of aromatic nitrogens is 1. The molecule has 0 bridgehead atoms. The van der Waals surface area contributed by atoms with Crippen LogP contribution in [0.2, 0.25) is 0 Å². The van der Waals surface area contributed by atoms with E-state index in [1.165, 1.54) is 5.39 Å². The molecule has 0 amide bonds. The monoisotopic (exact) mass is 511 g/mol. The molecule has 7 rings (SSSR count). The summed E-state index contributed by atoms with van der Waals surface area (Å²) in [6.45, 7) is 0. The quantitative estimate of drug-likeness (QED) is 0.230. The van der Waals surface area contributed by atoms with Gasteiger partial charge in [0.25, 0.3) is 0 Å². The van der Waals surface area contributed by atoms with E-state index in [4.69, 9.17) is 0 Å². The summed E-state index contributed by atoms with van der Waals surface area (Å²) in [5.74, 6) is 0. The van der Waals surface area contributed by atoms with Crippen LogP contribution in [-0.2, 0) is 0 Å². The van der Waals surface area contributed by atoms with Crippen molar-refractivity contribution in [1.82, 2.24) is 4.57 Å². The van der Waals surface area contributed by atoms with Crippen molar-refractivity contribution in [2.24, 2.45) is 0 Å². The van der Waals surface area contributed by atoms with E-state index in [0.717, 1.165) is 50.3 Å². The minimum absolute atomic E-state index is 0.622. The largest absolute Gasteiger partial charge is 0.309 e. The van der Waals surface area contributed by atoms with Gasteiger partial charge >= 0.3 is 0 Å². The van der Waals surface area contributed by atoms with E-state index in [-0.39, 0.29) is 0 Å². The van der Waals surface area contributed by atoms with E-state index in [0.29, 0.717) is 5.56 Å². The summed E-state index contributed by atoms with van der Waals surface area (Å²) in [6, 6.07) is 54.7. The first-order chi connectivity index (χ1) is 19.8. The van der Waals surface area contributed by atoms with Crippen LogP contribution in [0.1, 0.15) is 5.56 Å². The van der Waals surface area contributed by atoms with Gasteiger partial charge in [-0.1, -0.05) is 97.1 Å². The molecule has 1 heterocycles. The molecule has 1 aromatic heterocycles. The summed E-state index contributed by atoms with van der Waals surface area (Å²) in [7, 11) is 0. The Balaban J connectivity index is 1.63. The second-order valence-corrected chi connectivity index (χ2v) is 9.74. The number of nitriles is 1. The Morgan fingerprint density at radius 1 is 0.525 bits per heavy atom. The van der Waals surface area contributed by atoms with Gasteiger partial charge in [0.2, 0.25) is 0 Å². The summed E-state index contributed by atoms with van der Waals surface area (Å²) >= 11 is 0. The first kappa shape index (κ1) is 23.5. The average Bonchev–Trinajstić information content (AvgIpc) is 3.36. The average molecular weight is 512 g/mol. The van der Waals surface area contributed by atoms with Crippen LogP contribution < -0.4 is 4.90 Å². The zero-order valence-corrected chi connectivity index (χ0v) is 21.8. The molecule has 7 aromatic rings. The Labute approximate surface area is 233 Å². The Hall–Kier alpha value is -5.59. The summed E-state index contributed by atoms with van der Waals surface area (Å²) in [5, 5.41) is 12.5. The zero-order chi connectivity index (χ0) is 26.9. The third-order valence-corrected chi connectivity index (χ3v) is 7.41. The predicted molar refractivity (Wildman–Crippen MR) is 166 cm³/mol. The van der Waals surface area contributed by atoms with Crippen LogP contribution in [0.25, 0.3) is 38.6 Å². The number of para-hydroxylation sites is 4. The van der Waals surface area contributed by atoms with Gasteiger partial charge in [0.15, 0.2) is 0 Å². The lowest BCUT2D eigenvalue weighted by molar-refractivity contribution is 1.18. The fourth-order valence-electron chi connectivity index (χ4n) is 5.64. The van der Waals surface area contributed by atoms with Crippen LogP contribution >= 0.6 is 0 Å². The van der Waals surface area contributed by atoms with E-state index in [2.05, 4.69) is 119 Å². The Morgan fingerprint density at radius 2 is 1.15 bits per heavy atom. The van der Waals surface area contributed by atoms with Gasteiger partial charge in [0, 0.05) is 27.7 Å². The van der Waals surface area contributed by atoms with E-state index in [1.807, 2.05) is 48.5 Å². The lowest BCUT2D eigenvalue weighted by Gasteiger charge is -2.29. The van der Waals surface area contributed by atoms with Crippen molar-refractivity contribution < 1.29 is 0 Å². The molecule has 40 heavy (non-hydrogen) atoms. The van der Waals surface area contributed by atoms with Gasteiger partial charge in [-0.05, 0) is 60.2 Å². The number of benzene rings is 6. The van der Waals surface area contributed by atoms with E-state index < -0.39 is 0 Å². The molecule has 0 aliphatic rings. The minimum atomic E-state index is 0.622. The van der Waals surface area contributed by atoms with Crippen molar-refractivity contribution in [3.05, 3.63) is 157 Å². The molecule has 0 atom stereocenters. The van der Waals surface area contributed by atoms with Crippen molar-refractivity contribution in [3.63, 3.8) is 0 Å². The van der Waals surface area contributed by atoms with E-state index in [1.54, 1.807) is 0 Å². The van der Waals surface area contributed by atoms with Crippen molar-refractivity contribution in [2.75, 3.05) is 4.90 Å².